The third kappa shape index (κ3) is 2.27. The molecule has 1 amide bonds. The van der Waals surface area contributed by atoms with Crippen LogP contribution in [0.25, 0.3) is 0 Å². The molecule has 1 N–H and O–H groups in total. The van der Waals surface area contributed by atoms with Crippen LogP contribution in [0.5, 0.6) is 0 Å². The molecular weight excluding hydrogens is 264 g/mol. The summed E-state index contributed by atoms with van der Waals surface area (Å²) in [6, 6.07) is 11.0. The van der Waals surface area contributed by atoms with Gasteiger partial charge in [-0.2, -0.15) is 0 Å². The smallest absolute Gasteiger partial charge is 0.249 e. The van der Waals surface area contributed by atoms with Gasteiger partial charge in [0.05, 0.1) is 6.61 Å². The lowest BCUT2D eigenvalue weighted by Gasteiger charge is -2.24. The molecule has 3 heterocycles. The van der Waals surface area contributed by atoms with E-state index in [1.54, 1.807) is 0 Å². The molecule has 1 aromatic carbocycles. The Kier molecular flexibility index (Phi) is 3.43. The summed E-state index contributed by atoms with van der Waals surface area (Å²) in [6.07, 6.45) is 2.36. The normalized spacial score (nSPS) is 33.4. The molecule has 0 spiro atoms. The number of fused-ring (bicyclic) bond motifs is 5. The molecule has 4 heteroatoms. The molecule has 3 aliphatic rings. The first-order chi connectivity index (χ1) is 10.3. The van der Waals surface area contributed by atoms with Crippen LogP contribution >= 0.6 is 0 Å². The van der Waals surface area contributed by atoms with Crippen LogP contribution in [0.1, 0.15) is 18.4 Å². The zero-order chi connectivity index (χ0) is 14.2. The number of ether oxygens (including phenoxy) is 1. The van der Waals surface area contributed by atoms with E-state index in [0.29, 0.717) is 30.5 Å². The zero-order valence-electron chi connectivity index (χ0n) is 12.2. The van der Waals surface area contributed by atoms with E-state index in [1.807, 2.05) is 30.3 Å². The average Bonchev–Trinajstić information content (AvgIpc) is 3.20. The van der Waals surface area contributed by atoms with Crippen LogP contribution < -0.4 is 5.32 Å². The lowest BCUT2D eigenvalue weighted by Crippen LogP contribution is -2.41. The van der Waals surface area contributed by atoms with Gasteiger partial charge in [-0.05, 0) is 30.2 Å². The summed E-state index contributed by atoms with van der Waals surface area (Å²) in [5, 5.41) is 3.48. The van der Waals surface area contributed by atoms with E-state index in [0.717, 1.165) is 18.7 Å². The number of nitrogens with one attached hydrogen (secondary N) is 1. The van der Waals surface area contributed by atoms with Crippen molar-refractivity contribution in [2.75, 3.05) is 19.7 Å². The van der Waals surface area contributed by atoms with Gasteiger partial charge >= 0.3 is 0 Å². The largest absolute Gasteiger partial charge is 0.367 e. The van der Waals surface area contributed by atoms with Crippen LogP contribution in [-0.2, 0) is 16.1 Å². The number of carbonyl (C=O) groups excluding carboxylic acids is 1. The van der Waals surface area contributed by atoms with Crippen molar-refractivity contribution in [2.45, 2.75) is 31.5 Å². The minimum atomic E-state index is 0.188. The third-order valence-electron chi connectivity index (χ3n) is 5.40. The Morgan fingerprint density at radius 3 is 2.48 bits per heavy atom. The predicted molar refractivity (Wildman–Crippen MR) is 79.6 cm³/mol. The van der Waals surface area contributed by atoms with E-state index in [9.17, 15) is 4.79 Å². The summed E-state index contributed by atoms with van der Waals surface area (Å²) >= 11 is 0. The van der Waals surface area contributed by atoms with Crippen LogP contribution in [0, 0.1) is 11.8 Å². The highest BCUT2D eigenvalue weighted by molar-refractivity contribution is 5.79. The first-order valence-electron chi connectivity index (χ1n) is 7.98. The van der Waals surface area contributed by atoms with Gasteiger partial charge in [0.2, 0.25) is 5.91 Å². The molecule has 3 saturated heterocycles. The Labute approximate surface area is 125 Å². The molecule has 0 aliphatic carbocycles. The fourth-order valence-electron chi connectivity index (χ4n) is 4.54. The number of carbonyl (C=O) groups is 1. The summed E-state index contributed by atoms with van der Waals surface area (Å²) in [7, 11) is 0. The first-order valence-corrected chi connectivity index (χ1v) is 7.98. The highest BCUT2D eigenvalue weighted by Gasteiger charge is 2.55. The fraction of sp³-hybridized carbons (Fsp3) is 0.588. The van der Waals surface area contributed by atoms with Gasteiger partial charge in [-0.1, -0.05) is 30.3 Å². The molecule has 0 radical (unpaired) electrons. The Morgan fingerprint density at radius 1 is 1.14 bits per heavy atom. The second-order valence-corrected chi connectivity index (χ2v) is 6.48. The highest BCUT2D eigenvalue weighted by Crippen LogP contribution is 2.47. The van der Waals surface area contributed by atoms with Gasteiger partial charge in [0, 0.05) is 25.2 Å². The number of rotatable bonds is 4. The van der Waals surface area contributed by atoms with E-state index in [1.165, 1.54) is 12.8 Å². The lowest BCUT2D eigenvalue weighted by atomic mass is 9.82. The van der Waals surface area contributed by atoms with Gasteiger partial charge in [0.25, 0.3) is 0 Å². The number of amides is 1. The minimum Gasteiger partial charge on any atom is -0.367 e. The monoisotopic (exact) mass is 286 g/mol. The van der Waals surface area contributed by atoms with Gasteiger partial charge in [-0.15, -0.1) is 0 Å². The number of hydrogen-bond acceptors (Lipinski definition) is 3. The minimum absolute atomic E-state index is 0.188. The molecule has 0 unspecified atom stereocenters. The molecule has 4 atom stereocenters. The van der Waals surface area contributed by atoms with Crippen LogP contribution in [0.3, 0.4) is 0 Å². The van der Waals surface area contributed by atoms with Crippen LogP contribution in [0.2, 0.25) is 0 Å². The third-order valence-corrected chi connectivity index (χ3v) is 5.40. The van der Waals surface area contributed by atoms with Crippen molar-refractivity contribution in [1.29, 1.82) is 0 Å². The highest BCUT2D eigenvalue weighted by atomic mass is 16.5. The maximum Gasteiger partial charge on any atom is 0.249 e. The van der Waals surface area contributed by atoms with Gasteiger partial charge in [0.15, 0.2) is 0 Å². The van der Waals surface area contributed by atoms with E-state index in [4.69, 9.17) is 4.74 Å². The quantitative estimate of drug-likeness (QED) is 0.910. The Balaban J connectivity index is 1.34. The SMILES string of the molecule is O=C(COCc1ccccc1)N1[C@@H]2CC[C@H]1[C@H]1CNC[C@H]12. The summed E-state index contributed by atoms with van der Waals surface area (Å²) in [6.45, 7) is 2.90. The molecule has 0 aromatic heterocycles. The standard InChI is InChI=1S/C17H22N2O2/c20-17(11-21-10-12-4-2-1-3-5-12)19-15-6-7-16(19)14-9-18-8-13(14)15/h1-5,13-16,18H,6-11H2/t13-,14+,15-,16+. The maximum atomic E-state index is 12.5. The summed E-state index contributed by atoms with van der Waals surface area (Å²) in [5.74, 6) is 1.55. The number of nitrogens with zero attached hydrogens (tertiary/aromatic N) is 1. The van der Waals surface area contributed by atoms with Crippen LogP contribution in [-0.4, -0.2) is 42.6 Å². The lowest BCUT2D eigenvalue weighted by molar-refractivity contribution is -0.138. The van der Waals surface area contributed by atoms with E-state index in [-0.39, 0.29) is 12.5 Å². The van der Waals surface area contributed by atoms with Crippen molar-refractivity contribution < 1.29 is 9.53 Å². The summed E-state index contributed by atoms with van der Waals surface area (Å²) < 4.78 is 5.63. The van der Waals surface area contributed by atoms with Gasteiger partial charge in [-0.25, -0.2) is 0 Å². The molecule has 3 aliphatic heterocycles. The number of hydrogen-bond donors (Lipinski definition) is 1. The van der Waals surface area contributed by atoms with E-state index >= 15 is 0 Å². The maximum absolute atomic E-state index is 12.5. The van der Waals surface area contributed by atoms with Crippen molar-refractivity contribution in [2.24, 2.45) is 11.8 Å². The second-order valence-electron chi connectivity index (χ2n) is 6.48. The van der Waals surface area contributed by atoms with Gasteiger partial charge in [-0.3, -0.25) is 4.79 Å². The van der Waals surface area contributed by atoms with Crippen molar-refractivity contribution in [1.82, 2.24) is 10.2 Å². The van der Waals surface area contributed by atoms with Crippen LogP contribution in [0.15, 0.2) is 30.3 Å². The number of benzene rings is 1. The molecule has 1 aromatic rings. The zero-order valence-corrected chi connectivity index (χ0v) is 12.2. The second kappa shape index (κ2) is 5.43. The van der Waals surface area contributed by atoms with Crippen molar-refractivity contribution in [3.05, 3.63) is 35.9 Å². The van der Waals surface area contributed by atoms with Gasteiger partial charge < -0.3 is 15.0 Å². The Morgan fingerprint density at radius 2 is 1.81 bits per heavy atom. The van der Waals surface area contributed by atoms with Crippen molar-refractivity contribution in [3.8, 4) is 0 Å². The van der Waals surface area contributed by atoms with Crippen LogP contribution in [0.4, 0.5) is 0 Å². The average molecular weight is 286 g/mol. The molecular formula is C17H22N2O2. The van der Waals surface area contributed by atoms with E-state index < -0.39 is 0 Å². The molecule has 4 rings (SSSR count). The Hall–Kier alpha value is -1.39. The molecule has 3 fully saturated rings. The predicted octanol–water partition coefficient (Wildman–Crippen LogP) is 1.41. The molecule has 4 nitrogen and oxygen atoms in total. The summed E-state index contributed by atoms with van der Waals surface area (Å²) in [5.41, 5.74) is 1.12. The first kappa shape index (κ1) is 13.3. The topological polar surface area (TPSA) is 41.6 Å². The van der Waals surface area contributed by atoms with Crippen molar-refractivity contribution in [3.63, 3.8) is 0 Å². The summed E-state index contributed by atoms with van der Waals surface area (Å²) in [4.78, 5) is 14.7. The van der Waals surface area contributed by atoms with Gasteiger partial charge in [0.1, 0.15) is 6.61 Å². The fourth-order valence-corrected chi connectivity index (χ4v) is 4.54. The van der Waals surface area contributed by atoms with Crippen molar-refractivity contribution >= 4 is 5.91 Å². The molecule has 2 bridgehead atoms. The Bertz CT molecular complexity index is 501. The molecule has 0 saturated carbocycles. The molecule has 21 heavy (non-hydrogen) atoms. The molecule has 112 valence electrons. The van der Waals surface area contributed by atoms with E-state index in [2.05, 4.69) is 10.2 Å².